The smallest absolute Gasteiger partial charge is 0.322 e. The Morgan fingerprint density at radius 3 is 2.11 bits per heavy atom. The lowest BCUT2D eigenvalue weighted by atomic mass is 10.0. The highest BCUT2D eigenvalue weighted by Gasteiger charge is 2.31. The number of carboxylic acid groups (broad SMARTS) is 1. The summed E-state index contributed by atoms with van der Waals surface area (Å²) in [5, 5.41) is 28.7. The number of guanidine groups is 1. The second-order valence-corrected chi connectivity index (χ2v) is 8.43. The van der Waals surface area contributed by atoms with Crippen LogP contribution < -0.4 is 32.3 Å². The molecule has 36 heavy (non-hydrogen) atoms. The maximum absolute atomic E-state index is 13.3. The molecule has 1 aromatic carbocycles. The zero-order valence-electron chi connectivity index (χ0n) is 20.6. The Labute approximate surface area is 209 Å². The number of amides is 4. The van der Waals surface area contributed by atoms with E-state index in [0.29, 0.717) is 18.5 Å². The van der Waals surface area contributed by atoms with Gasteiger partial charge < -0.3 is 37.4 Å². The molecule has 1 rings (SSSR count). The fraction of sp³-hybridized carbons (Fsp3) is 0.478. The van der Waals surface area contributed by atoms with Crippen LogP contribution in [0.4, 0.5) is 0 Å². The summed E-state index contributed by atoms with van der Waals surface area (Å²) in [5.41, 5.74) is 5.69. The summed E-state index contributed by atoms with van der Waals surface area (Å²) in [6.07, 6.45) is 0.611. The van der Waals surface area contributed by atoms with Crippen LogP contribution in [-0.2, 0) is 24.0 Å². The van der Waals surface area contributed by atoms with E-state index < -0.39 is 54.3 Å². The van der Waals surface area contributed by atoms with Crippen LogP contribution in [0.2, 0.25) is 0 Å². The summed E-state index contributed by atoms with van der Waals surface area (Å²) in [6, 6.07) is 5.14. The van der Waals surface area contributed by atoms with Gasteiger partial charge in [-0.15, -0.1) is 0 Å². The molecule has 0 spiro atoms. The number of carbonyl (C=O) groups excluding carboxylic acids is 4. The van der Waals surface area contributed by atoms with E-state index >= 15 is 0 Å². The molecule has 0 aromatic heterocycles. The van der Waals surface area contributed by atoms with Crippen molar-refractivity contribution < 1.29 is 29.1 Å². The lowest BCUT2D eigenvalue weighted by Crippen LogP contribution is -2.55. The number of nitrogens with one attached hydrogen (secondary N) is 6. The zero-order valence-corrected chi connectivity index (χ0v) is 20.6. The maximum atomic E-state index is 13.3. The SMILES string of the molecule is CC(=O)N[C@@H](CCCNC(=N)N)C(=O)NC(C(=O)N[C@H](C(=O)NCC(=O)O)C(C)C)c1ccccc1. The number of hydrogen-bond donors (Lipinski definition) is 8. The van der Waals surface area contributed by atoms with E-state index in [9.17, 15) is 24.0 Å². The number of carboxylic acids is 1. The molecule has 0 aliphatic carbocycles. The summed E-state index contributed by atoms with van der Waals surface area (Å²) >= 11 is 0. The van der Waals surface area contributed by atoms with Crippen LogP contribution in [0.5, 0.6) is 0 Å². The van der Waals surface area contributed by atoms with E-state index in [2.05, 4.69) is 26.6 Å². The van der Waals surface area contributed by atoms with Crippen LogP contribution in [0, 0.1) is 11.3 Å². The molecule has 1 aromatic rings. The summed E-state index contributed by atoms with van der Waals surface area (Å²) < 4.78 is 0. The van der Waals surface area contributed by atoms with Crippen LogP contribution in [0.25, 0.3) is 0 Å². The highest BCUT2D eigenvalue weighted by Crippen LogP contribution is 2.15. The van der Waals surface area contributed by atoms with Gasteiger partial charge in [0.2, 0.25) is 23.6 Å². The highest BCUT2D eigenvalue weighted by atomic mass is 16.4. The molecular weight excluding hydrogens is 470 g/mol. The van der Waals surface area contributed by atoms with E-state index in [0.717, 1.165) is 0 Å². The van der Waals surface area contributed by atoms with Gasteiger partial charge in [0.25, 0.3) is 0 Å². The largest absolute Gasteiger partial charge is 0.480 e. The highest BCUT2D eigenvalue weighted by molar-refractivity contribution is 5.95. The minimum Gasteiger partial charge on any atom is -0.480 e. The molecular formula is C23H35N7O6. The van der Waals surface area contributed by atoms with Gasteiger partial charge in [0, 0.05) is 13.5 Å². The first kappa shape index (κ1) is 29.9. The third-order valence-corrected chi connectivity index (χ3v) is 5.02. The molecule has 3 atom stereocenters. The monoisotopic (exact) mass is 505 g/mol. The van der Waals surface area contributed by atoms with E-state index in [1.165, 1.54) is 6.92 Å². The molecule has 13 heteroatoms. The lowest BCUT2D eigenvalue weighted by Gasteiger charge is -2.27. The predicted molar refractivity (Wildman–Crippen MR) is 131 cm³/mol. The fourth-order valence-corrected chi connectivity index (χ4v) is 3.28. The molecule has 13 nitrogen and oxygen atoms in total. The molecule has 4 amide bonds. The van der Waals surface area contributed by atoms with Crippen molar-refractivity contribution in [2.45, 2.75) is 51.7 Å². The zero-order chi connectivity index (χ0) is 27.3. The quantitative estimate of drug-likeness (QED) is 0.0884. The van der Waals surface area contributed by atoms with Gasteiger partial charge in [-0.3, -0.25) is 29.4 Å². The number of hydrogen-bond acceptors (Lipinski definition) is 6. The van der Waals surface area contributed by atoms with Gasteiger partial charge >= 0.3 is 5.97 Å². The average molecular weight is 506 g/mol. The maximum Gasteiger partial charge on any atom is 0.322 e. The van der Waals surface area contributed by atoms with Crippen molar-refractivity contribution in [2.24, 2.45) is 11.7 Å². The minimum atomic E-state index is -1.23. The summed E-state index contributed by atoms with van der Waals surface area (Å²) in [6.45, 7) is 4.33. The van der Waals surface area contributed by atoms with Crippen molar-refractivity contribution in [1.82, 2.24) is 26.6 Å². The number of nitrogens with two attached hydrogens (primary N) is 1. The van der Waals surface area contributed by atoms with E-state index in [4.69, 9.17) is 16.2 Å². The first-order valence-electron chi connectivity index (χ1n) is 11.4. The van der Waals surface area contributed by atoms with Crippen molar-refractivity contribution >= 4 is 35.6 Å². The van der Waals surface area contributed by atoms with Crippen molar-refractivity contribution in [3.63, 3.8) is 0 Å². The van der Waals surface area contributed by atoms with Crippen LogP contribution in [0.1, 0.15) is 45.2 Å². The van der Waals surface area contributed by atoms with Crippen molar-refractivity contribution in [3.05, 3.63) is 35.9 Å². The van der Waals surface area contributed by atoms with Crippen LogP contribution >= 0.6 is 0 Å². The molecule has 0 fully saturated rings. The van der Waals surface area contributed by atoms with Gasteiger partial charge in [0.1, 0.15) is 24.7 Å². The first-order chi connectivity index (χ1) is 16.9. The number of aliphatic carboxylic acids is 1. The first-order valence-corrected chi connectivity index (χ1v) is 11.4. The molecule has 9 N–H and O–H groups in total. The number of rotatable bonds is 14. The average Bonchev–Trinajstić information content (AvgIpc) is 2.80. The van der Waals surface area contributed by atoms with E-state index in [1.54, 1.807) is 44.2 Å². The third-order valence-electron chi connectivity index (χ3n) is 5.02. The summed E-state index contributed by atoms with van der Waals surface area (Å²) in [7, 11) is 0. The Kier molecular flexibility index (Phi) is 12.4. The Balaban J connectivity index is 3.08. The van der Waals surface area contributed by atoms with Gasteiger partial charge in [-0.25, -0.2) is 0 Å². The molecule has 0 saturated carbocycles. The Bertz CT molecular complexity index is 938. The molecule has 0 saturated heterocycles. The second-order valence-electron chi connectivity index (χ2n) is 8.43. The molecule has 0 bridgehead atoms. The van der Waals surface area contributed by atoms with Crippen LogP contribution in [-0.4, -0.2) is 65.8 Å². The Morgan fingerprint density at radius 1 is 0.944 bits per heavy atom. The van der Waals surface area contributed by atoms with E-state index in [1.807, 2.05) is 0 Å². The van der Waals surface area contributed by atoms with Crippen molar-refractivity contribution in [1.29, 1.82) is 5.41 Å². The molecule has 0 heterocycles. The van der Waals surface area contributed by atoms with Crippen LogP contribution in [0.15, 0.2) is 30.3 Å². The van der Waals surface area contributed by atoms with Gasteiger partial charge in [0.05, 0.1) is 0 Å². The summed E-state index contributed by atoms with van der Waals surface area (Å²) in [4.78, 5) is 61.3. The normalized spacial score (nSPS) is 13.0. The Hall–Kier alpha value is -4.16. The molecule has 198 valence electrons. The van der Waals surface area contributed by atoms with Gasteiger partial charge in [-0.2, -0.15) is 0 Å². The number of carbonyl (C=O) groups is 5. The Morgan fingerprint density at radius 2 is 1.58 bits per heavy atom. The number of benzene rings is 1. The molecule has 1 unspecified atom stereocenters. The van der Waals surface area contributed by atoms with Crippen molar-refractivity contribution in [3.8, 4) is 0 Å². The third kappa shape index (κ3) is 10.8. The van der Waals surface area contributed by atoms with Crippen molar-refractivity contribution in [2.75, 3.05) is 13.1 Å². The second kappa shape index (κ2) is 15.0. The fourth-order valence-electron chi connectivity index (χ4n) is 3.28. The summed E-state index contributed by atoms with van der Waals surface area (Å²) in [5.74, 6) is -4.24. The lowest BCUT2D eigenvalue weighted by molar-refractivity contribution is -0.139. The molecule has 0 aliphatic rings. The predicted octanol–water partition coefficient (Wildman–Crippen LogP) is -1.05. The van der Waals surface area contributed by atoms with Gasteiger partial charge in [0.15, 0.2) is 5.96 Å². The van der Waals surface area contributed by atoms with Crippen LogP contribution in [0.3, 0.4) is 0 Å². The molecule has 0 aliphatic heterocycles. The molecule has 0 radical (unpaired) electrons. The minimum absolute atomic E-state index is 0.209. The topological polar surface area (TPSA) is 216 Å². The standard InChI is InChI=1S/C23H35N7O6/c1-13(2)18(21(35)27-12-17(32)33)29-22(36)19(15-8-5-4-6-9-15)30-20(34)16(28-14(3)31)10-7-11-26-23(24)25/h4-6,8-9,13,16,18-19H,7,10-12H2,1-3H3,(H,27,35)(H,28,31)(H,29,36)(H,30,34)(H,32,33)(H4,24,25,26)/t16-,18-,19?/m0/s1. The van der Waals surface area contributed by atoms with Gasteiger partial charge in [-0.05, 0) is 24.3 Å². The van der Waals surface area contributed by atoms with E-state index in [-0.39, 0.29) is 18.3 Å². The van der Waals surface area contributed by atoms with Gasteiger partial charge in [-0.1, -0.05) is 44.2 Å².